The van der Waals surface area contributed by atoms with E-state index in [2.05, 4.69) is 0 Å². The topological polar surface area (TPSA) is 67.3 Å². The van der Waals surface area contributed by atoms with Crippen molar-refractivity contribution in [3.63, 3.8) is 0 Å². The molecule has 1 aromatic heterocycles. The van der Waals surface area contributed by atoms with E-state index >= 15 is 0 Å². The van der Waals surface area contributed by atoms with Crippen LogP contribution in [0.3, 0.4) is 0 Å². The van der Waals surface area contributed by atoms with Gasteiger partial charge in [0.25, 0.3) is 0 Å². The lowest BCUT2D eigenvalue weighted by atomic mass is 9.97. The average molecular weight is 509 g/mol. The first-order valence-electron chi connectivity index (χ1n) is 10.2. The lowest BCUT2D eigenvalue weighted by Crippen LogP contribution is -2.41. The molecule has 0 aliphatic carbocycles. The summed E-state index contributed by atoms with van der Waals surface area (Å²) in [4.78, 5) is 19.3. The first-order chi connectivity index (χ1) is 15.2. The maximum absolute atomic E-state index is 12.7. The summed E-state index contributed by atoms with van der Waals surface area (Å²) in [6.45, 7) is 2.94. The Kier molecular flexibility index (Phi) is 6.91. The molecule has 32 heavy (non-hydrogen) atoms. The van der Waals surface area contributed by atoms with Crippen molar-refractivity contribution in [2.75, 3.05) is 18.8 Å². The molecule has 5 nitrogen and oxygen atoms in total. The number of carbonyl (C=O) groups is 1. The molecule has 0 unspecified atom stereocenters. The number of aromatic nitrogens is 1. The van der Waals surface area contributed by atoms with Crippen LogP contribution in [0.1, 0.15) is 29.3 Å². The van der Waals surface area contributed by atoms with E-state index in [1.54, 1.807) is 52.6 Å². The number of likely N-dealkylation sites (tertiary alicyclic amines) is 1. The third-order valence-electron chi connectivity index (χ3n) is 5.63. The third kappa shape index (κ3) is 5.17. The van der Waals surface area contributed by atoms with Crippen LogP contribution in [0, 0.1) is 6.92 Å². The predicted octanol–water partition coefficient (Wildman–Crippen LogP) is 5.61. The zero-order valence-corrected chi connectivity index (χ0v) is 20.6. The molecule has 0 saturated carbocycles. The van der Waals surface area contributed by atoms with Gasteiger partial charge in [-0.15, -0.1) is 11.3 Å². The minimum atomic E-state index is -3.65. The van der Waals surface area contributed by atoms with Crippen molar-refractivity contribution in [2.24, 2.45) is 0 Å². The fourth-order valence-corrected chi connectivity index (χ4v) is 6.25. The molecular formula is C23H22Cl2N2O3S2. The normalized spacial score (nSPS) is 15.2. The van der Waals surface area contributed by atoms with Gasteiger partial charge in [0.2, 0.25) is 5.91 Å². The number of carbonyl (C=O) groups excluding carboxylic acids is 1. The van der Waals surface area contributed by atoms with Crippen molar-refractivity contribution >= 4 is 50.3 Å². The Morgan fingerprint density at radius 3 is 2.44 bits per heavy atom. The minimum absolute atomic E-state index is 0.184. The highest BCUT2D eigenvalue weighted by Gasteiger charge is 2.29. The second-order valence-corrected chi connectivity index (χ2v) is 11.6. The smallest absolute Gasteiger partial charge is 0.238 e. The van der Waals surface area contributed by atoms with E-state index in [0.717, 1.165) is 34.7 Å². The number of halogens is 2. The number of hydrogen-bond acceptors (Lipinski definition) is 5. The van der Waals surface area contributed by atoms with Crippen molar-refractivity contribution in [2.45, 2.75) is 30.6 Å². The van der Waals surface area contributed by atoms with Gasteiger partial charge in [-0.05, 0) is 44.0 Å². The van der Waals surface area contributed by atoms with Crippen LogP contribution in [0.5, 0.6) is 0 Å². The van der Waals surface area contributed by atoms with E-state index in [0.29, 0.717) is 23.1 Å². The molecule has 0 spiro atoms. The number of thiazole rings is 1. The van der Waals surface area contributed by atoms with Gasteiger partial charge >= 0.3 is 0 Å². The SMILES string of the molecule is Cc1ccc(S(=O)(=O)CC(=O)N2CCC(c3nc(-c4ccc(Cl)c(Cl)c4)cs3)CC2)cc1. The molecule has 1 saturated heterocycles. The Morgan fingerprint density at radius 2 is 1.78 bits per heavy atom. The van der Waals surface area contributed by atoms with E-state index in [-0.39, 0.29) is 16.7 Å². The third-order valence-corrected chi connectivity index (χ3v) is 8.99. The fourth-order valence-electron chi connectivity index (χ4n) is 3.72. The maximum atomic E-state index is 12.7. The maximum Gasteiger partial charge on any atom is 0.238 e. The van der Waals surface area contributed by atoms with Gasteiger partial charge in [-0.25, -0.2) is 13.4 Å². The van der Waals surface area contributed by atoms with Gasteiger partial charge in [0.1, 0.15) is 5.75 Å². The van der Waals surface area contributed by atoms with Crippen LogP contribution < -0.4 is 0 Å². The number of piperidine rings is 1. The van der Waals surface area contributed by atoms with Crippen LogP contribution >= 0.6 is 34.5 Å². The van der Waals surface area contributed by atoms with Crippen LogP contribution in [-0.2, 0) is 14.6 Å². The van der Waals surface area contributed by atoms with Crippen LogP contribution in [0.15, 0.2) is 52.7 Å². The van der Waals surface area contributed by atoms with Gasteiger partial charge in [0.15, 0.2) is 9.84 Å². The van der Waals surface area contributed by atoms with Gasteiger partial charge < -0.3 is 4.90 Å². The van der Waals surface area contributed by atoms with Crippen LogP contribution in [-0.4, -0.2) is 43.1 Å². The molecule has 1 aliphatic heterocycles. The number of sulfone groups is 1. The summed E-state index contributed by atoms with van der Waals surface area (Å²) >= 11 is 13.7. The largest absolute Gasteiger partial charge is 0.342 e. The summed E-state index contributed by atoms with van der Waals surface area (Å²) in [7, 11) is -3.65. The van der Waals surface area contributed by atoms with E-state index < -0.39 is 15.6 Å². The first kappa shape index (κ1) is 23.2. The van der Waals surface area contributed by atoms with Gasteiger partial charge in [0, 0.05) is 30.0 Å². The number of benzene rings is 2. The van der Waals surface area contributed by atoms with Crippen molar-refractivity contribution in [1.29, 1.82) is 0 Å². The minimum Gasteiger partial charge on any atom is -0.342 e. The highest BCUT2D eigenvalue weighted by Crippen LogP contribution is 2.34. The number of amides is 1. The molecule has 1 amide bonds. The van der Waals surface area contributed by atoms with Crippen molar-refractivity contribution in [1.82, 2.24) is 9.88 Å². The van der Waals surface area contributed by atoms with Gasteiger partial charge in [0.05, 0.1) is 25.6 Å². The summed E-state index contributed by atoms with van der Waals surface area (Å²) in [5, 5.41) is 4.02. The molecule has 168 valence electrons. The van der Waals surface area contributed by atoms with Crippen molar-refractivity contribution < 1.29 is 13.2 Å². The monoisotopic (exact) mass is 508 g/mol. The van der Waals surface area contributed by atoms with Gasteiger partial charge in [-0.1, -0.05) is 47.0 Å². The average Bonchev–Trinajstić information content (AvgIpc) is 3.26. The lowest BCUT2D eigenvalue weighted by molar-refractivity contribution is -0.129. The Hall–Kier alpha value is -1.93. The van der Waals surface area contributed by atoms with Crippen molar-refractivity contribution in [3.05, 3.63) is 68.5 Å². The molecule has 0 atom stereocenters. The molecule has 4 rings (SSSR count). The molecule has 2 heterocycles. The molecule has 2 aromatic carbocycles. The molecule has 9 heteroatoms. The quantitative estimate of drug-likeness (QED) is 0.449. The lowest BCUT2D eigenvalue weighted by Gasteiger charge is -2.31. The second kappa shape index (κ2) is 9.51. The van der Waals surface area contributed by atoms with E-state index in [9.17, 15) is 13.2 Å². The number of hydrogen-bond donors (Lipinski definition) is 0. The molecule has 0 radical (unpaired) electrons. The fraction of sp³-hybridized carbons (Fsp3) is 0.304. The standard InChI is InChI=1S/C23H22Cl2N2O3S2/c1-15-2-5-18(6-3-15)32(29,30)14-22(28)27-10-8-16(9-11-27)23-26-21(13-31-23)17-4-7-19(24)20(25)12-17/h2-7,12-13,16H,8-11,14H2,1H3. The molecule has 3 aromatic rings. The molecular weight excluding hydrogens is 487 g/mol. The molecule has 0 N–H and O–H groups in total. The number of nitrogens with zero attached hydrogens (tertiary/aromatic N) is 2. The van der Waals surface area contributed by atoms with E-state index in [1.807, 2.05) is 18.4 Å². The zero-order valence-electron chi connectivity index (χ0n) is 17.4. The molecule has 0 bridgehead atoms. The molecule has 1 fully saturated rings. The summed E-state index contributed by atoms with van der Waals surface area (Å²) in [5.41, 5.74) is 2.74. The summed E-state index contributed by atoms with van der Waals surface area (Å²) in [5.74, 6) is -0.603. The number of rotatable bonds is 5. The Balaban J connectivity index is 1.37. The molecule has 1 aliphatic rings. The van der Waals surface area contributed by atoms with Crippen LogP contribution in [0.25, 0.3) is 11.3 Å². The highest BCUT2D eigenvalue weighted by molar-refractivity contribution is 7.92. The zero-order chi connectivity index (χ0) is 22.9. The van der Waals surface area contributed by atoms with Gasteiger partial charge in [-0.2, -0.15) is 0 Å². The van der Waals surface area contributed by atoms with Crippen molar-refractivity contribution in [3.8, 4) is 11.3 Å². The Morgan fingerprint density at radius 1 is 1.09 bits per heavy atom. The summed E-state index contributed by atoms with van der Waals surface area (Å²) in [6.07, 6.45) is 1.51. The Labute approximate surface area is 201 Å². The second-order valence-electron chi connectivity index (χ2n) is 7.93. The summed E-state index contributed by atoms with van der Waals surface area (Å²) in [6, 6.07) is 12.0. The predicted molar refractivity (Wildman–Crippen MR) is 129 cm³/mol. The van der Waals surface area contributed by atoms with E-state index in [1.165, 1.54) is 0 Å². The number of aryl methyl sites for hydroxylation is 1. The highest BCUT2D eigenvalue weighted by atomic mass is 35.5. The summed E-state index contributed by atoms with van der Waals surface area (Å²) < 4.78 is 25.2. The Bertz CT molecular complexity index is 1230. The van der Waals surface area contributed by atoms with E-state index in [4.69, 9.17) is 28.2 Å². The first-order valence-corrected chi connectivity index (χ1v) is 13.5. The van der Waals surface area contributed by atoms with Crippen LogP contribution in [0.2, 0.25) is 10.0 Å². The van der Waals surface area contributed by atoms with Gasteiger partial charge in [-0.3, -0.25) is 4.79 Å². The van der Waals surface area contributed by atoms with Crippen LogP contribution in [0.4, 0.5) is 0 Å².